The number of ketones is 1. The molecule has 0 aromatic heterocycles. The molecule has 2 amide bonds. The first-order valence-corrected chi connectivity index (χ1v) is 8.41. The molecular weight excluding hydrogens is 345 g/mol. The van der Waals surface area contributed by atoms with Gasteiger partial charge in [-0.3, -0.25) is 14.4 Å². The summed E-state index contributed by atoms with van der Waals surface area (Å²) < 4.78 is 13.8. The lowest BCUT2D eigenvalue weighted by Crippen LogP contribution is -2.31. The van der Waals surface area contributed by atoms with Gasteiger partial charge in [0, 0.05) is 12.0 Å². The summed E-state index contributed by atoms with van der Waals surface area (Å²) in [5.41, 5.74) is 1.42. The highest BCUT2D eigenvalue weighted by Gasteiger charge is 2.38. The first-order chi connectivity index (χ1) is 13.1. The molecule has 1 aliphatic rings. The second kappa shape index (κ2) is 6.61. The largest absolute Gasteiger partial charge is 0.294 e. The molecule has 27 heavy (non-hydrogen) atoms. The molecule has 5 heteroatoms. The number of Topliss-reactive ketones (excluding diaryl/α,β-unsaturated/α-hetero) is 1. The summed E-state index contributed by atoms with van der Waals surface area (Å²) >= 11 is 0. The molecule has 0 radical (unpaired) electrons. The molecule has 4 nitrogen and oxygen atoms in total. The molecule has 0 saturated carbocycles. The van der Waals surface area contributed by atoms with E-state index in [-0.39, 0.29) is 34.6 Å². The third-order valence-corrected chi connectivity index (χ3v) is 4.50. The topological polar surface area (TPSA) is 54.5 Å². The Balaban J connectivity index is 1.76. The fourth-order valence-corrected chi connectivity index (χ4v) is 3.21. The number of anilines is 1. The van der Waals surface area contributed by atoms with E-state index >= 15 is 0 Å². The van der Waals surface area contributed by atoms with Crippen LogP contribution in [0.1, 0.15) is 36.6 Å². The molecule has 4 rings (SSSR count). The van der Waals surface area contributed by atoms with Crippen LogP contribution in [0.4, 0.5) is 10.1 Å². The van der Waals surface area contributed by atoms with Crippen molar-refractivity contribution in [2.45, 2.75) is 6.42 Å². The van der Waals surface area contributed by atoms with Crippen LogP contribution in [0.5, 0.6) is 0 Å². The van der Waals surface area contributed by atoms with Gasteiger partial charge in [0.15, 0.2) is 5.78 Å². The molecule has 0 aliphatic carbocycles. The van der Waals surface area contributed by atoms with Crippen molar-refractivity contribution >= 4 is 23.3 Å². The minimum atomic E-state index is -0.605. The van der Waals surface area contributed by atoms with E-state index < -0.39 is 17.6 Å². The number of hydrogen-bond acceptors (Lipinski definition) is 3. The van der Waals surface area contributed by atoms with E-state index in [4.69, 9.17) is 0 Å². The standard InChI is InChI=1S/C22H14FNO3/c23-15-10-11-19(18(13-15)20(25)12-14-6-2-1-3-7-14)24-21(26)16-8-4-5-9-17(16)22(24)27/h1-11,13H,12H2. The smallest absolute Gasteiger partial charge is 0.266 e. The summed E-state index contributed by atoms with van der Waals surface area (Å²) in [7, 11) is 0. The van der Waals surface area contributed by atoms with Crippen LogP contribution in [0.2, 0.25) is 0 Å². The minimum Gasteiger partial charge on any atom is -0.294 e. The van der Waals surface area contributed by atoms with Crippen molar-refractivity contribution in [3.05, 3.63) is 101 Å². The molecule has 132 valence electrons. The predicted molar refractivity (Wildman–Crippen MR) is 98.5 cm³/mol. The molecule has 0 unspecified atom stereocenters. The number of fused-ring (bicyclic) bond motifs is 1. The van der Waals surface area contributed by atoms with Gasteiger partial charge in [0.25, 0.3) is 11.8 Å². The zero-order valence-corrected chi connectivity index (χ0v) is 14.2. The summed E-state index contributed by atoms with van der Waals surface area (Å²) in [6.45, 7) is 0. The minimum absolute atomic E-state index is 0.00774. The van der Waals surface area contributed by atoms with Gasteiger partial charge >= 0.3 is 0 Å². The zero-order chi connectivity index (χ0) is 19.0. The Bertz CT molecular complexity index is 1040. The highest BCUT2D eigenvalue weighted by Crippen LogP contribution is 2.31. The Hall–Kier alpha value is -3.60. The van der Waals surface area contributed by atoms with Gasteiger partial charge < -0.3 is 0 Å². The molecule has 1 heterocycles. The summed E-state index contributed by atoms with van der Waals surface area (Å²) in [4.78, 5) is 39.2. The van der Waals surface area contributed by atoms with E-state index in [1.807, 2.05) is 6.07 Å². The quantitative estimate of drug-likeness (QED) is 0.522. The molecular formula is C22H14FNO3. The third-order valence-electron chi connectivity index (χ3n) is 4.50. The third kappa shape index (κ3) is 2.93. The average molecular weight is 359 g/mol. The number of carbonyl (C=O) groups excluding carboxylic acids is 3. The lowest BCUT2D eigenvalue weighted by Gasteiger charge is -2.18. The molecule has 0 atom stereocenters. The molecule has 0 N–H and O–H groups in total. The van der Waals surface area contributed by atoms with Crippen molar-refractivity contribution in [3.63, 3.8) is 0 Å². The molecule has 0 bridgehead atoms. The van der Waals surface area contributed by atoms with Crippen molar-refractivity contribution in [3.8, 4) is 0 Å². The van der Waals surface area contributed by atoms with E-state index in [0.29, 0.717) is 0 Å². The lowest BCUT2D eigenvalue weighted by molar-refractivity contribution is 0.0926. The highest BCUT2D eigenvalue weighted by atomic mass is 19.1. The van der Waals surface area contributed by atoms with Crippen LogP contribution >= 0.6 is 0 Å². The van der Waals surface area contributed by atoms with Crippen molar-refractivity contribution in [2.75, 3.05) is 4.90 Å². The fraction of sp³-hybridized carbons (Fsp3) is 0.0455. The maximum absolute atomic E-state index is 13.8. The summed E-state index contributed by atoms with van der Waals surface area (Å²) in [5, 5.41) is 0. The monoisotopic (exact) mass is 359 g/mol. The zero-order valence-electron chi connectivity index (χ0n) is 14.2. The van der Waals surface area contributed by atoms with E-state index in [2.05, 4.69) is 0 Å². The Morgan fingerprint density at radius 3 is 2.04 bits per heavy atom. The first-order valence-electron chi connectivity index (χ1n) is 8.41. The number of carbonyl (C=O) groups is 3. The molecule has 1 aliphatic heterocycles. The van der Waals surface area contributed by atoms with Crippen molar-refractivity contribution in [1.82, 2.24) is 0 Å². The van der Waals surface area contributed by atoms with Crippen LogP contribution < -0.4 is 4.90 Å². The molecule has 0 fully saturated rings. The number of imide groups is 1. The SMILES string of the molecule is O=C(Cc1ccccc1)c1cc(F)ccc1N1C(=O)c2ccccc2C1=O. The number of rotatable bonds is 4. The van der Waals surface area contributed by atoms with Gasteiger partial charge in [0.1, 0.15) is 5.82 Å². The number of nitrogens with zero attached hydrogens (tertiary/aromatic N) is 1. The average Bonchev–Trinajstić information content (AvgIpc) is 2.94. The summed E-state index contributed by atoms with van der Waals surface area (Å²) in [6, 6.07) is 19.0. The van der Waals surface area contributed by atoms with Gasteiger partial charge in [0.2, 0.25) is 0 Å². The van der Waals surface area contributed by atoms with Crippen LogP contribution in [0, 0.1) is 5.82 Å². The van der Waals surface area contributed by atoms with Gasteiger partial charge in [-0.25, -0.2) is 9.29 Å². The van der Waals surface area contributed by atoms with Gasteiger partial charge in [-0.1, -0.05) is 42.5 Å². The van der Waals surface area contributed by atoms with Gasteiger partial charge in [0.05, 0.1) is 16.8 Å². The molecule has 0 saturated heterocycles. The van der Waals surface area contributed by atoms with Crippen LogP contribution in [0.15, 0.2) is 72.8 Å². The predicted octanol–water partition coefficient (Wildman–Crippen LogP) is 4.05. The highest BCUT2D eigenvalue weighted by molar-refractivity contribution is 6.35. The Kier molecular flexibility index (Phi) is 4.12. The van der Waals surface area contributed by atoms with E-state index in [1.54, 1.807) is 48.5 Å². The fourth-order valence-electron chi connectivity index (χ4n) is 3.21. The maximum atomic E-state index is 13.8. The van der Waals surface area contributed by atoms with Crippen molar-refractivity contribution in [2.24, 2.45) is 0 Å². The summed E-state index contributed by atoms with van der Waals surface area (Å²) in [6.07, 6.45) is 0.0421. The van der Waals surface area contributed by atoms with Crippen LogP contribution in [0.3, 0.4) is 0 Å². The normalized spacial score (nSPS) is 13.0. The summed E-state index contributed by atoms with van der Waals surface area (Å²) in [5.74, 6) is -2.01. The Morgan fingerprint density at radius 1 is 0.815 bits per heavy atom. The Labute approximate surface area is 154 Å². The van der Waals surface area contributed by atoms with Gasteiger partial charge in [-0.2, -0.15) is 0 Å². The van der Waals surface area contributed by atoms with E-state index in [1.165, 1.54) is 6.07 Å². The number of halogens is 1. The number of benzene rings is 3. The number of hydrogen-bond donors (Lipinski definition) is 0. The van der Waals surface area contributed by atoms with Crippen molar-refractivity contribution in [1.29, 1.82) is 0 Å². The molecule has 0 spiro atoms. The van der Waals surface area contributed by atoms with Crippen molar-refractivity contribution < 1.29 is 18.8 Å². The molecule has 3 aromatic carbocycles. The van der Waals surface area contributed by atoms with Crippen LogP contribution in [0.25, 0.3) is 0 Å². The van der Waals surface area contributed by atoms with Crippen LogP contribution in [-0.4, -0.2) is 17.6 Å². The molecule has 3 aromatic rings. The van der Waals surface area contributed by atoms with E-state index in [9.17, 15) is 18.8 Å². The first kappa shape index (κ1) is 16.8. The second-order valence-electron chi connectivity index (χ2n) is 6.24. The maximum Gasteiger partial charge on any atom is 0.266 e. The number of amides is 2. The van der Waals surface area contributed by atoms with Gasteiger partial charge in [-0.15, -0.1) is 0 Å². The second-order valence-corrected chi connectivity index (χ2v) is 6.24. The van der Waals surface area contributed by atoms with Gasteiger partial charge in [-0.05, 0) is 35.9 Å². The van der Waals surface area contributed by atoms with Crippen LogP contribution in [-0.2, 0) is 6.42 Å². The Morgan fingerprint density at radius 2 is 1.41 bits per heavy atom. The van der Waals surface area contributed by atoms with E-state index in [0.717, 1.165) is 22.6 Å². The lowest BCUT2D eigenvalue weighted by atomic mass is 10.0.